The Balaban J connectivity index is 1.23. The minimum absolute atomic E-state index is 0.148. The minimum Gasteiger partial charge on any atom is -0.494 e. The maximum atomic E-state index is 12.5. The van der Waals surface area contributed by atoms with Crippen LogP contribution in [-0.2, 0) is 18.4 Å². The Morgan fingerprint density at radius 1 is 0.917 bits per heavy atom. The Kier molecular flexibility index (Phi) is 8.88. The van der Waals surface area contributed by atoms with Crippen LogP contribution in [0.4, 0.5) is 5.69 Å². The lowest BCUT2D eigenvalue weighted by atomic mass is 9.81. The second-order valence-corrected chi connectivity index (χ2v) is 13.3. The van der Waals surface area contributed by atoms with Crippen molar-refractivity contribution in [3.8, 4) is 33.9 Å². The second-order valence-electron chi connectivity index (χ2n) is 12.8. The first-order valence-corrected chi connectivity index (χ1v) is 17.1. The number of amides is 1. The molecule has 7 rings (SSSR count). The molecule has 1 amide bonds. The fraction of sp³-hybridized carbons (Fsp3) is 0.300. The molecule has 1 saturated carbocycles. The second kappa shape index (κ2) is 13.4. The van der Waals surface area contributed by atoms with Gasteiger partial charge in [-0.05, 0) is 108 Å². The number of aryl methyl sites for hydroxylation is 1. The number of hydrogen-bond donors (Lipinski definition) is 1. The summed E-state index contributed by atoms with van der Waals surface area (Å²) >= 11 is 6.19. The number of carbonyl (C=O) groups excluding carboxylic acids is 1. The average Bonchev–Trinajstić information content (AvgIpc) is 3.68. The van der Waals surface area contributed by atoms with Gasteiger partial charge in [0.05, 0.1) is 18.3 Å². The third kappa shape index (κ3) is 5.92. The van der Waals surface area contributed by atoms with Crippen molar-refractivity contribution >= 4 is 40.1 Å². The van der Waals surface area contributed by atoms with Gasteiger partial charge < -0.3 is 24.0 Å². The molecule has 0 unspecified atom stereocenters. The molecule has 0 spiro atoms. The van der Waals surface area contributed by atoms with E-state index < -0.39 is 5.97 Å². The Labute approximate surface area is 285 Å². The van der Waals surface area contributed by atoms with Gasteiger partial charge in [0.2, 0.25) is 5.91 Å². The van der Waals surface area contributed by atoms with Crippen molar-refractivity contribution in [1.29, 1.82) is 0 Å². The van der Waals surface area contributed by atoms with Crippen LogP contribution in [0, 0.1) is 0 Å². The number of hydrogen-bond acceptors (Lipinski definition) is 4. The highest BCUT2D eigenvalue weighted by Gasteiger charge is 2.29. The predicted molar refractivity (Wildman–Crippen MR) is 190 cm³/mol. The molecular formula is C40H39ClN2O5. The van der Waals surface area contributed by atoms with Crippen molar-refractivity contribution < 1.29 is 24.2 Å². The van der Waals surface area contributed by atoms with Crippen molar-refractivity contribution in [2.75, 3.05) is 18.6 Å². The molecule has 0 atom stereocenters. The zero-order valence-corrected chi connectivity index (χ0v) is 28.1. The number of halogens is 1. The molecule has 1 saturated heterocycles. The number of aromatic nitrogens is 1. The summed E-state index contributed by atoms with van der Waals surface area (Å²) in [6, 6.07) is 25.7. The largest absolute Gasteiger partial charge is 0.494 e. The van der Waals surface area contributed by atoms with Crippen LogP contribution in [0.25, 0.3) is 33.3 Å². The van der Waals surface area contributed by atoms with E-state index in [0.29, 0.717) is 29.7 Å². The van der Waals surface area contributed by atoms with Crippen molar-refractivity contribution in [1.82, 2.24) is 4.57 Å². The molecule has 7 nitrogen and oxygen atoms in total. The van der Waals surface area contributed by atoms with Gasteiger partial charge in [-0.3, -0.25) is 4.79 Å². The molecule has 0 radical (unpaired) electrons. The molecule has 1 aromatic heterocycles. The van der Waals surface area contributed by atoms with Gasteiger partial charge in [-0.25, -0.2) is 4.79 Å². The van der Waals surface area contributed by atoms with Crippen LogP contribution in [0.15, 0.2) is 78.9 Å². The van der Waals surface area contributed by atoms with E-state index in [1.807, 2.05) is 60.5 Å². The predicted octanol–water partition coefficient (Wildman–Crippen LogP) is 9.63. The lowest BCUT2D eigenvalue weighted by Crippen LogP contribution is -2.23. The minimum atomic E-state index is -1.01. The summed E-state index contributed by atoms with van der Waals surface area (Å²) in [7, 11) is 3.54. The Morgan fingerprint density at radius 2 is 1.65 bits per heavy atom. The maximum Gasteiger partial charge on any atom is 0.339 e. The number of fused-ring (bicyclic) bond motifs is 1. The van der Waals surface area contributed by atoms with E-state index in [-0.39, 0.29) is 11.5 Å². The zero-order valence-electron chi connectivity index (χ0n) is 27.3. The quantitative estimate of drug-likeness (QED) is 0.170. The van der Waals surface area contributed by atoms with Crippen molar-refractivity contribution in [3.63, 3.8) is 0 Å². The van der Waals surface area contributed by atoms with E-state index in [1.54, 1.807) is 6.07 Å². The highest BCUT2D eigenvalue weighted by molar-refractivity contribution is 6.30. The lowest BCUT2D eigenvalue weighted by Gasteiger charge is -2.23. The zero-order chi connectivity index (χ0) is 33.4. The number of rotatable bonds is 9. The molecule has 8 heteroatoms. The lowest BCUT2D eigenvalue weighted by molar-refractivity contribution is -0.117. The van der Waals surface area contributed by atoms with Crippen molar-refractivity contribution in [2.24, 2.45) is 7.05 Å². The maximum absolute atomic E-state index is 12.5. The summed E-state index contributed by atoms with van der Waals surface area (Å²) < 4.78 is 14.2. The SMILES string of the molecule is COc1c(C(=O)O)ccc2c(C3CCCCC3)c(-c3ccc(OCc4cc(N5CCCC5=O)ccc4-c4ccc(Cl)cc4)cc3)n(C)c12. The number of carbonyl (C=O) groups is 2. The van der Waals surface area contributed by atoms with Crippen LogP contribution < -0.4 is 14.4 Å². The summed E-state index contributed by atoms with van der Waals surface area (Å²) in [6.07, 6.45) is 7.26. The molecule has 2 fully saturated rings. The van der Waals surface area contributed by atoms with Crippen LogP contribution in [0.1, 0.15) is 72.3 Å². The molecule has 5 aromatic rings. The summed E-state index contributed by atoms with van der Waals surface area (Å²) in [5, 5.41) is 11.6. The van der Waals surface area contributed by atoms with E-state index in [1.165, 1.54) is 31.9 Å². The first-order chi connectivity index (χ1) is 23.3. The molecule has 246 valence electrons. The number of aromatic carboxylic acids is 1. The van der Waals surface area contributed by atoms with Crippen molar-refractivity contribution in [3.05, 3.63) is 101 Å². The van der Waals surface area contributed by atoms with Gasteiger partial charge in [0.25, 0.3) is 0 Å². The van der Waals surface area contributed by atoms with Crippen molar-refractivity contribution in [2.45, 2.75) is 57.5 Å². The Bertz CT molecular complexity index is 1990. The highest BCUT2D eigenvalue weighted by atomic mass is 35.5. The van der Waals surface area contributed by atoms with E-state index in [9.17, 15) is 14.7 Å². The number of carboxylic acids is 1. The molecule has 0 bridgehead atoms. The molecule has 1 aliphatic carbocycles. The first kappa shape index (κ1) is 31.8. The Morgan fingerprint density at radius 3 is 2.31 bits per heavy atom. The smallest absolute Gasteiger partial charge is 0.339 e. The molecule has 1 N–H and O–H groups in total. The monoisotopic (exact) mass is 662 g/mol. The first-order valence-electron chi connectivity index (χ1n) is 16.7. The van der Waals surface area contributed by atoms with Gasteiger partial charge in [-0.2, -0.15) is 0 Å². The summed E-state index contributed by atoms with van der Waals surface area (Å²) in [5.74, 6) is 0.644. The van der Waals surface area contributed by atoms with Gasteiger partial charge in [-0.1, -0.05) is 55.1 Å². The molecule has 2 aliphatic rings. The number of anilines is 1. The summed E-state index contributed by atoms with van der Waals surface area (Å²) in [6.45, 7) is 1.05. The topological polar surface area (TPSA) is 81.0 Å². The Hall–Kier alpha value is -4.75. The van der Waals surface area contributed by atoms with Gasteiger partial charge >= 0.3 is 5.97 Å². The summed E-state index contributed by atoms with van der Waals surface area (Å²) in [4.78, 5) is 26.5. The van der Waals surface area contributed by atoms with Crippen LogP contribution in [0.2, 0.25) is 5.02 Å². The standard InChI is InChI=1S/C40H39ClN2O5/c1-42-37(36(26-7-4-3-5-8-26)33-20-21-34(40(45)46)39(47-2)38(33)42)27-12-17-31(18-13-27)48-24-28-23-30(43-22-6-9-35(43)44)16-19-32(28)25-10-14-29(41)15-11-25/h10-21,23,26H,3-9,22,24H2,1-2H3,(H,45,46). The molecule has 2 heterocycles. The molecule has 48 heavy (non-hydrogen) atoms. The number of carboxylic acid groups (broad SMARTS) is 1. The molecule has 4 aromatic carbocycles. The number of nitrogens with zero attached hydrogens (tertiary/aromatic N) is 2. The van der Waals surface area contributed by atoms with Gasteiger partial charge in [0.15, 0.2) is 5.75 Å². The number of methoxy groups -OCH3 is 1. The van der Waals surface area contributed by atoms with Crippen LogP contribution >= 0.6 is 11.6 Å². The fourth-order valence-electron chi connectivity index (χ4n) is 7.64. The molecular weight excluding hydrogens is 624 g/mol. The van der Waals surface area contributed by atoms with Gasteiger partial charge in [0.1, 0.15) is 17.9 Å². The number of ether oxygens (including phenoxy) is 2. The van der Waals surface area contributed by atoms with E-state index in [0.717, 1.165) is 76.1 Å². The van der Waals surface area contributed by atoms with E-state index in [4.69, 9.17) is 21.1 Å². The third-order valence-electron chi connectivity index (χ3n) is 9.95. The fourth-order valence-corrected chi connectivity index (χ4v) is 7.77. The number of benzene rings is 4. The summed E-state index contributed by atoms with van der Waals surface area (Å²) in [5.41, 5.74) is 8.27. The molecule has 1 aliphatic heterocycles. The normalized spacial score (nSPS) is 15.3. The highest BCUT2D eigenvalue weighted by Crippen LogP contribution is 2.46. The van der Waals surface area contributed by atoms with E-state index >= 15 is 0 Å². The average molecular weight is 663 g/mol. The van der Waals surface area contributed by atoms with E-state index in [2.05, 4.69) is 28.8 Å². The van der Waals surface area contributed by atoms with Gasteiger partial charge in [-0.15, -0.1) is 0 Å². The van der Waals surface area contributed by atoms with Gasteiger partial charge in [0, 0.05) is 36.1 Å². The van der Waals surface area contributed by atoms with Crippen LogP contribution in [0.5, 0.6) is 11.5 Å². The van der Waals surface area contributed by atoms with Crippen LogP contribution in [0.3, 0.4) is 0 Å². The van der Waals surface area contributed by atoms with Crippen LogP contribution in [-0.4, -0.2) is 35.2 Å². The third-order valence-corrected chi connectivity index (χ3v) is 10.2.